The minimum absolute atomic E-state index is 0.185. The van der Waals surface area contributed by atoms with Crippen molar-refractivity contribution >= 4 is 17.5 Å². The van der Waals surface area contributed by atoms with Gasteiger partial charge in [0.25, 0.3) is 0 Å². The molecule has 1 saturated carbocycles. The maximum Gasteiger partial charge on any atom is 0.224 e. The number of aryl methyl sites for hydroxylation is 1. The minimum atomic E-state index is 0.185. The lowest BCUT2D eigenvalue weighted by Crippen LogP contribution is -2.40. The van der Waals surface area contributed by atoms with Crippen LogP contribution in [-0.4, -0.2) is 17.8 Å². The monoisotopic (exact) mass is 305 g/mol. The average molecular weight is 306 g/mol. The standard InChI is InChI=1S/C18H24ClNO/c1-11(2)15(9-10-19)20-18(21)17-14-8-7-12-5-3-4-6-13(12)16(14)17/h3-6,11,14-17H,7-10H2,1-2H3,(H,20,21). The fraction of sp³-hybridized carbons (Fsp3) is 0.611. The second kappa shape index (κ2) is 6.00. The molecule has 1 N–H and O–H groups in total. The van der Waals surface area contributed by atoms with Gasteiger partial charge in [-0.15, -0.1) is 11.6 Å². The number of carbonyl (C=O) groups excluding carboxylic acids is 1. The zero-order chi connectivity index (χ0) is 15.0. The molecule has 3 heteroatoms. The molecule has 0 aliphatic heterocycles. The van der Waals surface area contributed by atoms with Crippen LogP contribution in [0, 0.1) is 17.8 Å². The summed E-state index contributed by atoms with van der Waals surface area (Å²) in [6, 6.07) is 8.82. The maximum atomic E-state index is 12.6. The largest absolute Gasteiger partial charge is 0.353 e. The first-order valence-electron chi connectivity index (χ1n) is 8.07. The molecule has 1 aromatic carbocycles. The van der Waals surface area contributed by atoms with Crippen molar-refractivity contribution in [3.63, 3.8) is 0 Å². The molecule has 0 heterocycles. The Kier molecular flexibility index (Phi) is 4.26. The lowest BCUT2D eigenvalue weighted by atomic mass is 9.92. The molecule has 0 saturated heterocycles. The van der Waals surface area contributed by atoms with Crippen molar-refractivity contribution in [1.82, 2.24) is 5.32 Å². The van der Waals surface area contributed by atoms with Crippen LogP contribution in [0.15, 0.2) is 24.3 Å². The first-order valence-corrected chi connectivity index (χ1v) is 8.61. The highest BCUT2D eigenvalue weighted by Crippen LogP contribution is 2.59. The summed E-state index contributed by atoms with van der Waals surface area (Å²) in [7, 11) is 0. The van der Waals surface area contributed by atoms with E-state index in [4.69, 9.17) is 11.6 Å². The molecule has 2 aliphatic rings. The number of nitrogens with one attached hydrogen (secondary N) is 1. The van der Waals surface area contributed by atoms with E-state index in [0.29, 0.717) is 23.6 Å². The summed E-state index contributed by atoms with van der Waals surface area (Å²) in [5.41, 5.74) is 2.85. The predicted octanol–water partition coefficient (Wildman–Crippen LogP) is 3.73. The number of halogens is 1. The lowest BCUT2D eigenvalue weighted by Gasteiger charge is -2.21. The summed E-state index contributed by atoms with van der Waals surface area (Å²) in [4.78, 5) is 12.6. The summed E-state index contributed by atoms with van der Waals surface area (Å²) in [6.07, 6.45) is 3.13. The summed E-state index contributed by atoms with van der Waals surface area (Å²) in [5, 5.41) is 3.24. The molecule has 4 unspecified atom stereocenters. The molecule has 21 heavy (non-hydrogen) atoms. The second-order valence-corrected chi connectivity index (χ2v) is 7.17. The molecule has 3 rings (SSSR count). The molecule has 114 valence electrons. The van der Waals surface area contributed by atoms with Crippen LogP contribution < -0.4 is 5.32 Å². The fourth-order valence-corrected chi connectivity index (χ4v) is 4.13. The minimum Gasteiger partial charge on any atom is -0.353 e. The maximum absolute atomic E-state index is 12.6. The molecular weight excluding hydrogens is 282 g/mol. The van der Waals surface area contributed by atoms with Crippen LogP contribution in [0.5, 0.6) is 0 Å². The number of hydrogen-bond acceptors (Lipinski definition) is 1. The van der Waals surface area contributed by atoms with E-state index < -0.39 is 0 Å². The van der Waals surface area contributed by atoms with Crippen LogP contribution in [0.3, 0.4) is 0 Å². The van der Waals surface area contributed by atoms with Gasteiger partial charge in [0.1, 0.15) is 0 Å². The van der Waals surface area contributed by atoms with Gasteiger partial charge in [0, 0.05) is 17.8 Å². The van der Waals surface area contributed by atoms with Crippen molar-refractivity contribution in [2.24, 2.45) is 17.8 Å². The van der Waals surface area contributed by atoms with E-state index in [1.54, 1.807) is 0 Å². The van der Waals surface area contributed by atoms with Crippen molar-refractivity contribution in [1.29, 1.82) is 0 Å². The van der Waals surface area contributed by atoms with E-state index in [0.717, 1.165) is 19.3 Å². The van der Waals surface area contributed by atoms with Crippen LogP contribution >= 0.6 is 11.6 Å². The summed E-state index contributed by atoms with van der Waals surface area (Å²) in [6.45, 7) is 4.29. The van der Waals surface area contributed by atoms with Gasteiger partial charge < -0.3 is 5.32 Å². The third-order valence-electron chi connectivity index (χ3n) is 5.19. The Morgan fingerprint density at radius 1 is 1.38 bits per heavy atom. The molecule has 2 nitrogen and oxygen atoms in total. The SMILES string of the molecule is CC(C)C(CCCl)NC(=O)C1C2CCc3ccccc3C21. The smallest absolute Gasteiger partial charge is 0.224 e. The molecule has 0 radical (unpaired) electrons. The Labute approximate surface area is 132 Å². The van der Waals surface area contributed by atoms with Crippen LogP contribution in [-0.2, 0) is 11.2 Å². The number of fused-ring (bicyclic) bond motifs is 3. The van der Waals surface area contributed by atoms with Crippen molar-refractivity contribution in [3.05, 3.63) is 35.4 Å². The van der Waals surface area contributed by atoms with Crippen LogP contribution in [0.2, 0.25) is 0 Å². The topological polar surface area (TPSA) is 29.1 Å². The second-order valence-electron chi connectivity index (χ2n) is 6.79. The molecule has 1 aromatic rings. The molecule has 1 fully saturated rings. The average Bonchev–Trinajstić information content (AvgIpc) is 3.21. The first kappa shape index (κ1) is 14.9. The summed E-state index contributed by atoms with van der Waals surface area (Å²) in [5.74, 6) is 2.47. The van der Waals surface area contributed by atoms with E-state index in [1.807, 2.05) is 0 Å². The predicted molar refractivity (Wildman–Crippen MR) is 86.6 cm³/mol. The van der Waals surface area contributed by atoms with Crippen LogP contribution in [0.1, 0.15) is 43.7 Å². The Hall–Kier alpha value is -1.02. The van der Waals surface area contributed by atoms with Crippen molar-refractivity contribution in [3.8, 4) is 0 Å². The fourth-order valence-electron chi connectivity index (χ4n) is 3.89. The van der Waals surface area contributed by atoms with Gasteiger partial charge >= 0.3 is 0 Å². The Bertz CT molecular complexity index is 528. The molecule has 0 bridgehead atoms. The Morgan fingerprint density at radius 2 is 2.14 bits per heavy atom. The van der Waals surface area contributed by atoms with Crippen molar-refractivity contribution in [2.45, 2.75) is 45.1 Å². The van der Waals surface area contributed by atoms with Crippen molar-refractivity contribution < 1.29 is 4.79 Å². The van der Waals surface area contributed by atoms with Gasteiger partial charge in [0.15, 0.2) is 0 Å². The van der Waals surface area contributed by atoms with Crippen LogP contribution in [0.4, 0.5) is 0 Å². The van der Waals surface area contributed by atoms with Gasteiger partial charge in [-0.05, 0) is 48.1 Å². The number of rotatable bonds is 5. The van der Waals surface area contributed by atoms with Gasteiger partial charge in [-0.3, -0.25) is 4.79 Å². The van der Waals surface area contributed by atoms with Gasteiger partial charge in [-0.1, -0.05) is 38.1 Å². The molecule has 0 aromatic heterocycles. The normalized spacial score (nSPS) is 27.7. The van der Waals surface area contributed by atoms with E-state index in [2.05, 4.69) is 43.4 Å². The zero-order valence-corrected chi connectivity index (χ0v) is 13.6. The van der Waals surface area contributed by atoms with Crippen molar-refractivity contribution in [2.75, 3.05) is 5.88 Å². The Balaban J connectivity index is 1.68. The highest BCUT2D eigenvalue weighted by Gasteiger charge is 2.57. The third-order valence-corrected chi connectivity index (χ3v) is 5.40. The molecule has 1 amide bonds. The molecule has 0 spiro atoms. The first-order chi connectivity index (χ1) is 10.1. The van der Waals surface area contributed by atoms with E-state index in [1.165, 1.54) is 11.1 Å². The number of amides is 1. The van der Waals surface area contributed by atoms with Crippen LogP contribution in [0.25, 0.3) is 0 Å². The van der Waals surface area contributed by atoms with Gasteiger partial charge in [-0.25, -0.2) is 0 Å². The number of hydrogen-bond donors (Lipinski definition) is 1. The number of benzene rings is 1. The third kappa shape index (κ3) is 2.83. The van der Waals surface area contributed by atoms with Gasteiger partial charge in [0.05, 0.1) is 0 Å². The van der Waals surface area contributed by atoms with E-state index >= 15 is 0 Å². The number of carbonyl (C=O) groups is 1. The molecular formula is C18H24ClNO. The highest BCUT2D eigenvalue weighted by molar-refractivity contribution is 6.17. The molecule has 2 aliphatic carbocycles. The highest BCUT2D eigenvalue weighted by atomic mass is 35.5. The Morgan fingerprint density at radius 3 is 2.86 bits per heavy atom. The summed E-state index contributed by atoms with van der Waals surface area (Å²) < 4.78 is 0. The van der Waals surface area contributed by atoms with E-state index in [9.17, 15) is 4.79 Å². The molecule has 4 atom stereocenters. The zero-order valence-electron chi connectivity index (χ0n) is 12.8. The van der Waals surface area contributed by atoms with Gasteiger partial charge in [0.2, 0.25) is 5.91 Å². The lowest BCUT2D eigenvalue weighted by molar-refractivity contribution is -0.123. The summed E-state index contributed by atoms with van der Waals surface area (Å²) >= 11 is 5.86. The number of alkyl halides is 1. The van der Waals surface area contributed by atoms with Gasteiger partial charge in [-0.2, -0.15) is 0 Å². The quantitative estimate of drug-likeness (QED) is 0.825. The van der Waals surface area contributed by atoms with E-state index in [-0.39, 0.29) is 17.9 Å².